The summed E-state index contributed by atoms with van der Waals surface area (Å²) < 4.78 is 19.1. The zero-order valence-corrected chi connectivity index (χ0v) is 10.0. The van der Waals surface area contributed by atoms with Gasteiger partial charge in [-0.25, -0.2) is 0 Å². The van der Waals surface area contributed by atoms with Crippen LogP contribution in [0.4, 0.5) is 0 Å². The maximum Gasteiger partial charge on any atom is 0.371 e. The van der Waals surface area contributed by atoms with Crippen molar-refractivity contribution in [3.8, 4) is 0 Å². The van der Waals surface area contributed by atoms with Crippen molar-refractivity contribution in [3.05, 3.63) is 0 Å². The lowest BCUT2D eigenvalue weighted by Crippen LogP contribution is -2.15. The van der Waals surface area contributed by atoms with E-state index in [9.17, 15) is 14.0 Å². The average molecular weight is 271 g/mol. The van der Waals surface area contributed by atoms with Crippen LogP contribution >= 0.6 is 38.2 Å². The van der Waals surface area contributed by atoms with Gasteiger partial charge in [-0.1, -0.05) is 30.1 Å². The first-order valence-corrected chi connectivity index (χ1v) is 7.53. The monoisotopic (exact) mass is 270 g/mol. The summed E-state index contributed by atoms with van der Waals surface area (Å²) in [5.74, 6) is 0. The first-order chi connectivity index (χ1) is 5.56. The first kappa shape index (κ1) is 13.9. The third-order valence-corrected chi connectivity index (χ3v) is 8.52. The van der Waals surface area contributed by atoms with Crippen LogP contribution in [0.3, 0.4) is 0 Å². The van der Waals surface area contributed by atoms with Gasteiger partial charge < -0.3 is 14.7 Å². The smallest absolute Gasteiger partial charge is 0.342 e. The maximum atomic E-state index is 11.3. The lowest BCUT2D eigenvalue weighted by molar-refractivity contribution is 0.368. The minimum Gasteiger partial charge on any atom is -0.342 e. The molecule has 0 amide bonds. The zero-order valence-electron chi connectivity index (χ0n) is 6.72. The van der Waals surface area contributed by atoms with Gasteiger partial charge in [-0.3, -0.25) is 9.13 Å². The third kappa shape index (κ3) is 2.93. The predicted octanol–water partition coefficient (Wildman–Crippen LogP) is 1.93. The second kappa shape index (κ2) is 4.19. The Morgan fingerprint density at radius 1 is 1.23 bits per heavy atom. The van der Waals surface area contributed by atoms with Gasteiger partial charge in [-0.2, -0.15) is 0 Å². The molecule has 1 atom stereocenters. The van der Waals surface area contributed by atoms with Crippen molar-refractivity contribution in [2.75, 3.05) is 6.16 Å². The molecular weight excluding hydrogens is 261 g/mol. The van der Waals surface area contributed by atoms with Gasteiger partial charge in [0.05, 0.1) is 0 Å². The molecule has 13 heavy (non-hydrogen) atoms. The Kier molecular flexibility index (Phi) is 4.49. The minimum absolute atomic E-state index is 0.259. The Labute approximate surface area is 85.7 Å². The van der Waals surface area contributed by atoms with Gasteiger partial charge >= 0.3 is 7.60 Å². The van der Waals surface area contributed by atoms with E-state index in [-0.39, 0.29) is 12.6 Å². The third-order valence-electron chi connectivity index (χ3n) is 1.30. The molecule has 1 unspecified atom stereocenters. The van der Waals surface area contributed by atoms with Crippen molar-refractivity contribution in [1.82, 2.24) is 0 Å². The second-order valence-corrected chi connectivity index (χ2v) is 9.49. The van der Waals surface area contributed by atoms with Crippen LogP contribution in [-0.2, 0) is 9.13 Å². The molecule has 0 aliphatic rings. The summed E-state index contributed by atoms with van der Waals surface area (Å²) in [6.07, 6.45) is -0.0694. The largest absolute Gasteiger partial charge is 0.371 e. The van der Waals surface area contributed by atoms with Crippen LogP contribution in [0, 0.1) is 0 Å². The fraction of sp³-hybridized carbons (Fsp3) is 1.00. The molecule has 0 heterocycles. The molecule has 5 nitrogen and oxygen atoms in total. The molecule has 0 rings (SSSR count). The molecule has 0 radical (unpaired) electrons. The molecule has 0 aliphatic carbocycles. The van der Waals surface area contributed by atoms with E-state index in [0.717, 1.165) is 0 Å². The fourth-order valence-corrected chi connectivity index (χ4v) is 3.95. The Balaban J connectivity index is 5.05. The Morgan fingerprint density at radius 3 is 1.85 bits per heavy atom. The lowest BCUT2D eigenvalue weighted by Gasteiger charge is -2.25. The summed E-state index contributed by atoms with van der Waals surface area (Å²) in [5.41, 5.74) is 0. The van der Waals surface area contributed by atoms with Crippen LogP contribution in [0.25, 0.3) is 0 Å². The van der Waals surface area contributed by atoms with E-state index in [1.54, 1.807) is 6.92 Å². The topological polar surface area (TPSA) is 94.8 Å². The molecule has 0 aromatic carbocycles. The van der Waals surface area contributed by atoms with Crippen molar-refractivity contribution < 1.29 is 23.8 Å². The summed E-state index contributed by atoms with van der Waals surface area (Å²) in [5, 5.41) is 0. The highest BCUT2D eigenvalue weighted by Gasteiger charge is 2.57. The maximum absolute atomic E-state index is 11.3. The zero-order chi connectivity index (χ0) is 10.9. The van der Waals surface area contributed by atoms with E-state index in [2.05, 4.69) is 0 Å². The van der Waals surface area contributed by atoms with Crippen molar-refractivity contribution in [1.29, 1.82) is 0 Å². The van der Waals surface area contributed by atoms with Gasteiger partial charge in [0.15, 0.2) is 0 Å². The van der Waals surface area contributed by atoms with E-state index in [1.807, 2.05) is 0 Å². The number of hydrogen-bond donors (Lipinski definition) is 3. The Bertz CT molecular complexity index is 272. The Hall–Kier alpha value is 0.920. The summed E-state index contributed by atoms with van der Waals surface area (Å²) in [6.45, 7) is 1.58. The van der Waals surface area contributed by atoms with Gasteiger partial charge in [0, 0.05) is 6.16 Å². The minimum atomic E-state index is -5.00. The molecule has 0 aromatic heterocycles. The fourth-order valence-electron chi connectivity index (χ4n) is 0.641. The summed E-state index contributed by atoms with van der Waals surface area (Å²) in [6, 6.07) is 0. The predicted molar refractivity (Wildman–Crippen MR) is 51.5 cm³/mol. The average Bonchev–Trinajstić information content (AvgIpc) is 1.84. The quantitative estimate of drug-likeness (QED) is 0.536. The standard InChI is InChI=1S/C4H10Cl2O5P2/c1-2-3-12(7,8)4(5,6)13(9,10)11/h2-3H2,1H3,(H,7,8)(H2,9,10,11). The van der Waals surface area contributed by atoms with Crippen molar-refractivity contribution in [2.45, 2.75) is 17.2 Å². The van der Waals surface area contributed by atoms with Gasteiger partial charge in [0.1, 0.15) is 0 Å². The van der Waals surface area contributed by atoms with Crippen LogP contribution in [0.2, 0.25) is 0 Å². The lowest BCUT2D eigenvalue weighted by atomic mass is 10.6. The first-order valence-electron chi connectivity index (χ1n) is 3.31. The van der Waals surface area contributed by atoms with Crippen LogP contribution in [0.1, 0.15) is 13.3 Å². The number of alkyl halides is 2. The normalized spacial score (nSPS) is 18.3. The molecule has 0 fully saturated rings. The highest BCUT2D eigenvalue weighted by atomic mass is 35.5. The van der Waals surface area contributed by atoms with Crippen molar-refractivity contribution in [3.63, 3.8) is 0 Å². The molecular formula is C4H10Cl2O5P2. The number of hydrogen-bond acceptors (Lipinski definition) is 2. The summed E-state index contributed by atoms with van der Waals surface area (Å²) >= 11 is 10.3. The van der Waals surface area contributed by atoms with Crippen LogP contribution < -0.4 is 0 Å². The number of halogens is 2. The van der Waals surface area contributed by atoms with Gasteiger partial charge in [-0.15, -0.1) is 0 Å². The highest BCUT2D eigenvalue weighted by molar-refractivity contribution is 7.81. The SMILES string of the molecule is CCCP(=O)(O)C(Cl)(Cl)P(=O)(O)O. The van der Waals surface area contributed by atoms with E-state index >= 15 is 0 Å². The van der Waals surface area contributed by atoms with Crippen molar-refractivity contribution >= 4 is 38.2 Å². The molecule has 0 spiro atoms. The summed E-state index contributed by atoms with van der Waals surface area (Å²) in [7, 11) is -9.25. The van der Waals surface area contributed by atoms with E-state index in [4.69, 9.17) is 33.0 Å². The molecule has 0 aliphatic heterocycles. The van der Waals surface area contributed by atoms with Crippen molar-refractivity contribution in [2.24, 2.45) is 0 Å². The summed E-state index contributed by atoms with van der Waals surface area (Å²) in [4.78, 5) is 26.4. The van der Waals surface area contributed by atoms with Gasteiger partial charge in [0.2, 0.25) is 7.37 Å². The van der Waals surface area contributed by atoms with E-state index < -0.39 is 18.8 Å². The molecule has 0 saturated carbocycles. The highest BCUT2D eigenvalue weighted by Crippen LogP contribution is 2.75. The van der Waals surface area contributed by atoms with E-state index in [1.165, 1.54) is 0 Å². The van der Waals surface area contributed by atoms with Gasteiger partial charge in [-0.05, 0) is 6.42 Å². The van der Waals surface area contributed by atoms with Crippen LogP contribution in [-0.4, -0.2) is 24.7 Å². The van der Waals surface area contributed by atoms with Gasteiger partial charge in [0.25, 0.3) is 3.82 Å². The molecule has 0 saturated heterocycles. The number of rotatable bonds is 4. The molecule has 0 aromatic rings. The molecule has 0 bridgehead atoms. The van der Waals surface area contributed by atoms with E-state index in [0.29, 0.717) is 0 Å². The Morgan fingerprint density at radius 2 is 1.62 bits per heavy atom. The van der Waals surface area contributed by atoms with Crippen LogP contribution in [0.5, 0.6) is 0 Å². The molecule has 3 N–H and O–H groups in total. The molecule has 9 heteroatoms. The van der Waals surface area contributed by atoms with Crippen LogP contribution in [0.15, 0.2) is 0 Å². The second-order valence-electron chi connectivity index (χ2n) is 2.48. The molecule has 80 valence electrons.